The van der Waals surface area contributed by atoms with Crippen molar-refractivity contribution in [1.29, 1.82) is 0 Å². The zero-order valence-corrected chi connectivity index (χ0v) is 11.8. The second-order valence-electron chi connectivity index (χ2n) is 4.25. The summed E-state index contributed by atoms with van der Waals surface area (Å²) in [6, 6.07) is 5.44. The number of aryl methyl sites for hydroxylation is 1. The molecule has 0 unspecified atom stereocenters. The van der Waals surface area contributed by atoms with Crippen LogP contribution in [0.25, 0.3) is 0 Å². The van der Waals surface area contributed by atoms with Crippen molar-refractivity contribution in [3.05, 3.63) is 62.7 Å². The summed E-state index contributed by atoms with van der Waals surface area (Å²) in [5.74, 6) is -0.425. The molecular weight excluding hydrogens is 296 g/mol. The number of nitrogens with one attached hydrogen (secondary N) is 1. The summed E-state index contributed by atoms with van der Waals surface area (Å²) in [6.45, 7) is 2.04. The predicted molar refractivity (Wildman–Crippen MR) is 76.0 cm³/mol. The number of halogens is 1. The number of nitro groups is 1. The third-order valence-electron chi connectivity index (χ3n) is 2.70. The number of hydrogen-bond donors (Lipinski definition) is 1. The molecule has 1 aromatic carbocycles. The first-order valence-corrected chi connectivity index (χ1v) is 6.35. The van der Waals surface area contributed by atoms with Crippen molar-refractivity contribution in [1.82, 2.24) is 15.3 Å². The molecular formula is C13H11ClN4O3. The largest absolute Gasteiger partial charge is 0.346 e. The van der Waals surface area contributed by atoms with E-state index in [0.717, 1.165) is 11.8 Å². The van der Waals surface area contributed by atoms with Gasteiger partial charge < -0.3 is 5.32 Å². The van der Waals surface area contributed by atoms with Crippen LogP contribution in [0.15, 0.2) is 30.6 Å². The molecule has 108 valence electrons. The van der Waals surface area contributed by atoms with Crippen LogP contribution in [0.5, 0.6) is 0 Å². The molecule has 2 aromatic rings. The quantitative estimate of drug-likeness (QED) is 0.690. The molecule has 0 aliphatic carbocycles. The number of non-ortho nitro benzene ring substituents is 1. The lowest BCUT2D eigenvalue weighted by molar-refractivity contribution is -0.384. The maximum Gasteiger partial charge on any atom is 0.270 e. The van der Waals surface area contributed by atoms with E-state index < -0.39 is 10.8 Å². The highest BCUT2D eigenvalue weighted by Gasteiger charge is 2.14. The summed E-state index contributed by atoms with van der Waals surface area (Å²) in [6.07, 6.45) is 1.41. The summed E-state index contributed by atoms with van der Waals surface area (Å²) in [4.78, 5) is 30.0. The van der Waals surface area contributed by atoms with Gasteiger partial charge in [-0.2, -0.15) is 0 Å². The van der Waals surface area contributed by atoms with Crippen LogP contribution >= 0.6 is 11.6 Å². The van der Waals surface area contributed by atoms with Gasteiger partial charge in [-0.1, -0.05) is 11.6 Å². The molecule has 0 radical (unpaired) electrons. The van der Waals surface area contributed by atoms with Crippen molar-refractivity contribution in [3.63, 3.8) is 0 Å². The summed E-state index contributed by atoms with van der Waals surface area (Å²) >= 11 is 5.88. The SMILES string of the molecule is Cc1cc(CNC(=O)c2ccc([N+](=O)[O-])cc2Cl)ncn1. The van der Waals surface area contributed by atoms with Gasteiger partial charge in [0, 0.05) is 17.8 Å². The van der Waals surface area contributed by atoms with Gasteiger partial charge in [0.15, 0.2) is 0 Å². The second-order valence-corrected chi connectivity index (χ2v) is 4.66. The molecule has 0 aliphatic heterocycles. The van der Waals surface area contributed by atoms with Gasteiger partial charge in [0.25, 0.3) is 11.6 Å². The number of amides is 1. The Morgan fingerprint density at radius 2 is 2.14 bits per heavy atom. The van der Waals surface area contributed by atoms with E-state index >= 15 is 0 Å². The Bertz CT molecular complexity index is 706. The van der Waals surface area contributed by atoms with E-state index in [0.29, 0.717) is 5.69 Å². The van der Waals surface area contributed by atoms with E-state index in [1.165, 1.54) is 18.5 Å². The van der Waals surface area contributed by atoms with Crippen LogP contribution < -0.4 is 5.32 Å². The molecule has 0 atom stereocenters. The van der Waals surface area contributed by atoms with Crippen molar-refractivity contribution in [2.75, 3.05) is 0 Å². The van der Waals surface area contributed by atoms with Crippen LogP contribution in [0.3, 0.4) is 0 Å². The number of aromatic nitrogens is 2. The number of benzene rings is 1. The second kappa shape index (κ2) is 6.27. The van der Waals surface area contributed by atoms with Crippen LogP contribution in [-0.2, 0) is 6.54 Å². The van der Waals surface area contributed by atoms with Crippen LogP contribution in [0, 0.1) is 17.0 Å². The number of carbonyl (C=O) groups is 1. The Morgan fingerprint density at radius 3 is 2.76 bits per heavy atom. The molecule has 0 saturated carbocycles. The lowest BCUT2D eigenvalue weighted by atomic mass is 10.2. The molecule has 0 bridgehead atoms. The minimum Gasteiger partial charge on any atom is -0.346 e. The Hall–Kier alpha value is -2.54. The van der Waals surface area contributed by atoms with Crippen molar-refractivity contribution in [3.8, 4) is 0 Å². The Labute approximate surface area is 125 Å². The number of hydrogen-bond acceptors (Lipinski definition) is 5. The fourth-order valence-electron chi connectivity index (χ4n) is 1.67. The molecule has 0 fully saturated rings. The molecule has 21 heavy (non-hydrogen) atoms. The normalized spacial score (nSPS) is 10.2. The highest BCUT2D eigenvalue weighted by molar-refractivity contribution is 6.34. The number of nitrogens with zero attached hydrogens (tertiary/aromatic N) is 3. The standard InChI is InChI=1S/C13H11ClN4O3/c1-8-4-9(17-7-16-8)6-15-13(19)11-3-2-10(18(20)21)5-12(11)14/h2-5,7H,6H2,1H3,(H,15,19). The van der Waals surface area contributed by atoms with Crippen LogP contribution in [0.1, 0.15) is 21.7 Å². The van der Waals surface area contributed by atoms with Gasteiger partial charge in [0.05, 0.1) is 27.7 Å². The number of rotatable bonds is 4. The molecule has 0 saturated heterocycles. The summed E-state index contributed by atoms with van der Waals surface area (Å²) in [7, 11) is 0. The molecule has 1 amide bonds. The fourth-order valence-corrected chi connectivity index (χ4v) is 1.93. The Morgan fingerprint density at radius 1 is 1.38 bits per heavy atom. The molecule has 1 N–H and O–H groups in total. The molecule has 0 aliphatic rings. The Balaban J connectivity index is 2.08. The minimum absolute atomic E-state index is 0.0283. The van der Waals surface area contributed by atoms with E-state index in [2.05, 4.69) is 15.3 Å². The highest BCUT2D eigenvalue weighted by Crippen LogP contribution is 2.22. The van der Waals surface area contributed by atoms with Crippen LogP contribution in [0.4, 0.5) is 5.69 Å². The third-order valence-corrected chi connectivity index (χ3v) is 3.01. The van der Waals surface area contributed by atoms with Gasteiger partial charge in [-0.05, 0) is 19.1 Å². The van der Waals surface area contributed by atoms with Gasteiger partial charge in [-0.25, -0.2) is 9.97 Å². The molecule has 0 spiro atoms. The zero-order chi connectivity index (χ0) is 15.4. The van der Waals surface area contributed by atoms with Crippen molar-refractivity contribution in [2.24, 2.45) is 0 Å². The summed E-state index contributed by atoms with van der Waals surface area (Å²) < 4.78 is 0. The maximum atomic E-state index is 12.0. The summed E-state index contributed by atoms with van der Waals surface area (Å²) in [5, 5.41) is 13.3. The zero-order valence-electron chi connectivity index (χ0n) is 11.0. The monoisotopic (exact) mass is 306 g/mol. The fraction of sp³-hybridized carbons (Fsp3) is 0.154. The number of carbonyl (C=O) groups excluding carboxylic acids is 1. The number of nitro benzene ring substituents is 1. The topological polar surface area (TPSA) is 98.0 Å². The summed E-state index contributed by atoms with van der Waals surface area (Å²) in [5.41, 5.74) is 1.47. The molecule has 8 heteroatoms. The van der Waals surface area contributed by atoms with Crippen LogP contribution in [-0.4, -0.2) is 20.8 Å². The van der Waals surface area contributed by atoms with Crippen molar-refractivity contribution >= 4 is 23.2 Å². The van der Waals surface area contributed by atoms with Crippen molar-refractivity contribution in [2.45, 2.75) is 13.5 Å². The molecule has 1 aromatic heterocycles. The molecule has 2 rings (SSSR count). The van der Waals surface area contributed by atoms with Crippen molar-refractivity contribution < 1.29 is 9.72 Å². The average molecular weight is 307 g/mol. The van der Waals surface area contributed by atoms with Gasteiger partial charge >= 0.3 is 0 Å². The molecule has 7 nitrogen and oxygen atoms in total. The first kappa shape index (κ1) is 14.9. The smallest absolute Gasteiger partial charge is 0.270 e. The van der Waals surface area contributed by atoms with Gasteiger partial charge in [0.1, 0.15) is 6.33 Å². The lowest BCUT2D eigenvalue weighted by Crippen LogP contribution is -2.23. The maximum absolute atomic E-state index is 12.0. The minimum atomic E-state index is -0.572. The van der Waals surface area contributed by atoms with E-state index in [4.69, 9.17) is 11.6 Å². The van der Waals surface area contributed by atoms with E-state index in [1.807, 2.05) is 6.92 Å². The van der Waals surface area contributed by atoms with Gasteiger partial charge in [-0.15, -0.1) is 0 Å². The third kappa shape index (κ3) is 3.73. The van der Waals surface area contributed by atoms with E-state index in [-0.39, 0.29) is 22.8 Å². The van der Waals surface area contributed by atoms with E-state index in [9.17, 15) is 14.9 Å². The first-order chi connectivity index (χ1) is 9.97. The highest BCUT2D eigenvalue weighted by atomic mass is 35.5. The van der Waals surface area contributed by atoms with Gasteiger partial charge in [0.2, 0.25) is 0 Å². The van der Waals surface area contributed by atoms with Crippen LogP contribution in [0.2, 0.25) is 5.02 Å². The molecule has 1 heterocycles. The lowest BCUT2D eigenvalue weighted by Gasteiger charge is -2.06. The first-order valence-electron chi connectivity index (χ1n) is 5.97. The average Bonchev–Trinajstić information content (AvgIpc) is 2.44. The predicted octanol–water partition coefficient (Wildman–Crippen LogP) is 2.28. The van der Waals surface area contributed by atoms with Gasteiger partial charge in [-0.3, -0.25) is 14.9 Å². The Kier molecular flexibility index (Phi) is 4.44. The van der Waals surface area contributed by atoms with E-state index in [1.54, 1.807) is 6.07 Å².